The second-order valence-corrected chi connectivity index (χ2v) is 9.63. The third-order valence-electron chi connectivity index (χ3n) is 6.34. The van der Waals surface area contributed by atoms with E-state index in [1.54, 1.807) is 18.3 Å². The Hall–Kier alpha value is -4.12. The number of hydrogen-bond donors (Lipinski definition) is 3. The number of nitrogens with zero attached hydrogens (tertiary/aromatic N) is 3. The van der Waals surface area contributed by atoms with Crippen molar-refractivity contribution in [3.63, 3.8) is 0 Å². The minimum Gasteiger partial charge on any atom is -0.495 e. The number of carbonyl (C=O) groups is 1. The van der Waals surface area contributed by atoms with Gasteiger partial charge in [0.2, 0.25) is 11.9 Å². The van der Waals surface area contributed by atoms with Crippen molar-refractivity contribution in [2.24, 2.45) is 0 Å². The van der Waals surface area contributed by atoms with Crippen LogP contribution in [0.4, 0.5) is 17.5 Å². The van der Waals surface area contributed by atoms with E-state index in [0.29, 0.717) is 68.7 Å². The molecule has 1 fully saturated rings. The van der Waals surface area contributed by atoms with Crippen LogP contribution in [0.15, 0.2) is 61.3 Å². The molecule has 10 nitrogen and oxygen atoms in total. The molecule has 0 aliphatic carbocycles. The van der Waals surface area contributed by atoms with Crippen LogP contribution in [0.5, 0.6) is 11.5 Å². The molecule has 40 heavy (non-hydrogen) atoms. The lowest BCUT2D eigenvalue weighted by atomic mass is 10.1. The van der Waals surface area contributed by atoms with Gasteiger partial charge in [-0.05, 0) is 24.3 Å². The molecule has 1 aliphatic heterocycles. The van der Waals surface area contributed by atoms with Gasteiger partial charge < -0.3 is 30.2 Å². The van der Waals surface area contributed by atoms with Gasteiger partial charge in [-0.25, -0.2) is 15.0 Å². The van der Waals surface area contributed by atoms with Gasteiger partial charge in [0, 0.05) is 28.9 Å². The zero-order chi connectivity index (χ0) is 28.2. The summed E-state index contributed by atoms with van der Waals surface area (Å²) in [6, 6.07) is 12.5. The molecule has 3 N–H and O–H groups in total. The van der Waals surface area contributed by atoms with E-state index in [-0.39, 0.29) is 18.0 Å². The minimum absolute atomic E-state index is 0.235. The van der Waals surface area contributed by atoms with Gasteiger partial charge in [0.15, 0.2) is 5.82 Å². The van der Waals surface area contributed by atoms with Gasteiger partial charge in [-0.1, -0.05) is 48.0 Å². The van der Waals surface area contributed by atoms with E-state index in [1.807, 2.05) is 30.3 Å². The predicted molar refractivity (Wildman–Crippen MR) is 156 cm³/mol. The number of hydrogen-bond acceptors (Lipinski definition) is 9. The third-order valence-corrected chi connectivity index (χ3v) is 7.09. The summed E-state index contributed by atoms with van der Waals surface area (Å²) in [5, 5.41) is 10.7. The van der Waals surface area contributed by atoms with Crippen LogP contribution >= 0.6 is 23.2 Å². The van der Waals surface area contributed by atoms with E-state index in [2.05, 4.69) is 27.5 Å². The summed E-state index contributed by atoms with van der Waals surface area (Å²) in [6.45, 7) is 4.25. The molecule has 0 radical (unpaired) electrons. The summed E-state index contributed by atoms with van der Waals surface area (Å²) in [7, 11) is 3.03. The molecule has 0 spiro atoms. The Balaban J connectivity index is 1.60. The number of methoxy groups -OCH3 is 2. The normalized spacial score (nSPS) is 16.4. The maximum Gasteiger partial charge on any atom is 0.243 e. The van der Waals surface area contributed by atoms with Gasteiger partial charge >= 0.3 is 0 Å². The van der Waals surface area contributed by atoms with Gasteiger partial charge in [0.05, 0.1) is 55.3 Å². The topological polar surface area (TPSA) is 120 Å². The molecular formula is C28H26Cl2N6O4. The highest BCUT2D eigenvalue weighted by atomic mass is 35.5. The van der Waals surface area contributed by atoms with Crippen molar-refractivity contribution in [1.29, 1.82) is 0 Å². The summed E-state index contributed by atoms with van der Waals surface area (Å²) >= 11 is 13.4. The molecule has 4 aromatic rings. The molecule has 2 atom stereocenters. The Bertz CT molecular complexity index is 1540. The van der Waals surface area contributed by atoms with Crippen molar-refractivity contribution in [2.75, 3.05) is 38.1 Å². The van der Waals surface area contributed by atoms with Crippen LogP contribution in [0.25, 0.3) is 22.2 Å². The molecule has 1 saturated heterocycles. The number of nitrogens with one attached hydrogen (secondary N) is 3. The van der Waals surface area contributed by atoms with Gasteiger partial charge in [-0.2, -0.15) is 0 Å². The van der Waals surface area contributed by atoms with Crippen molar-refractivity contribution < 1.29 is 19.0 Å². The first-order valence-corrected chi connectivity index (χ1v) is 13.0. The summed E-state index contributed by atoms with van der Waals surface area (Å²) in [5.74, 6) is 1.32. The van der Waals surface area contributed by atoms with Crippen molar-refractivity contribution in [3.8, 4) is 22.8 Å². The van der Waals surface area contributed by atoms with Gasteiger partial charge in [0.1, 0.15) is 17.0 Å². The fourth-order valence-corrected chi connectivity index (χ4v) is 5.03. The lowest BCUT2D eigenvalue weighted by molar-refractivity contribution is -0.117. The summed E-state index contributed by atoms with van der Waals surface area (Å²) in [4.78, 5) is 26.0. The number of para-hydroxylation sites is 1. The highest BCUT2D eigenvalue weighted by Gasteiger charge is 2.30. The lowest BCUT2D eigenvalue weighted by Gasteiger charge is -2.20. The van der Waals surface area contributed by atoms with Crippen LogP contribution in [-0.2, 0) is 9.53 Å². The fourth-order valence-electron chi connectivity index (χ4n) is 4.34. The smallest absolute Gasteiger partial charge is 0.243 e. The number of rotatable bonds is 9. The summed E-state index contributed by atoms with van der Waals surface area (Å²) in [6.07, 6.45) is 2.90. The van der Waals surface area contributed by atoms with Gasteiger partial charge in [0.25, 0.3) is 0 Å². The number of benzene rings is 2. The van der Waals surface area contributed by atoms with E-state index in [1.165, 1.54) is 20.3 Å². The Morgan fingerprint density at radius 1 is 1.05 bits per heavy atom. The molecule has 0 bridgehead atoms. The number of fused-ring (bicyclic) bond motifs is 1. The quantitative estimate of drug-likeness (QED) is 0.228. The average molecular weight is 581 g/mol. The molecular weight excluding hydrogens is 555 g/mol. The number of halogens is 2. The first-order valence-electron chi connectivity index (χ1n) is 12.3. The predicted octanol–water partition coefficient (Wildman–Crippen LogP) is 5.24. The van der Waals surface area contributed by atoms with Crippen LogP contribution in [0.1, 0.15) is 0 Å². The monoisotopic (exact) mass is 580 g/mol. The lowest BCUT2D eigenvalue weighted by Crippen LogP contribution is -2.45. The molecule has 3 heterocycles. The molecule has 5 rings (SSSR count). The van der Waals surface area contributed by atoms with E-state index < -0.39 is 0 Å². The zero-order valence-corrected chi connectivity index (χ0v) is 23.2. The number of amides is 1. The second-order valence-electron chi connectivity index (χ2n) is 8.87. The molecule has 2 aromatic carbocycles. The Kier molecular flexibility index (Phi) is 8.20. The second kappa shape index (κ2) is 12.0. The Morgan fingerprint density at radius 2 is 1.75 bits per heavy atom. The number of anilines is 3. The van der Waals surface area contributed by atoms with Crippen molar-refractivity contribution in [1.82, 2.24) is 20.3 Å². The van der Waals surface area contributed by atoms with Gasteiger partial charge in [-0.15, -0.1) is 0 Å². The molecule has 206 valence electrons. The number of pyridine rings is 1. The molecule has 12 heteroatoms. The molecule has 0 saturated carbocycles. The zero-order valence-electron chi connectivity index (χ0n) is 21.7. The van der Waals surface area contributed by atoms with E-state index in [4.69, 9.17) is 47.4 Å². The Labute approximate surface area is 240 Å². The van der Waals surface area contributed by atoms with Gasteiger partial charge in [-0.3, -0.25) is 4.79 Å². The Morgan fingerprint density at radius 3 is 2.42 bits per heavy atom. The first kappa shape index (κ1) is 27.4. The van der Waals surface area contributed by atoms with Crippen LogP contribution in [0, 0.1) is 0 Å². The highest BCUT2D eigenvalue weighted by Crippen LogP contribution is 2.46. The minimum atomic E-state index is -0.278. The van der Waals surface area contributed by atoms with Crippen LogP contribution in [-0.4, -0.2) is 60.4 Å². The standard InChI is InChI=1S/C28H26Cl2N6O4/c1-4-22(37)33-18-13-40-14-19(18)35-28-31-12-15-10-17(23-24(29)20(38-2)11-21(39-3)25(23)30)34-27(26(15)36-28)32-16-8-6-5-7-9-16/h4-12,18-19H,1,13-14H2,2-3H3,(H,32,34)(H,33,37)(H,31,35,36)/t18-,19+/m0/s1. The summed E-state index contributed by atoms with van der Waals surface area (Å²) < 4.78 is 16.5. The molecule has 1 amide bonds. The number of aromatic nitrogens is 3. The molecule has 0 unspecified atom stereocenters. The first-order chi connectivity index (χ1) is 19.4. The van der Waals surface area contributed by atoms with Crippen molar-refractivity contribution in [3.05, 3.63) is 71.4 Å². The summed E-state index contributed by atoms with van der Waals surface area (Å²) in [5.41, 5.74) is 2.28. The highest BCUT2D eigenvalue weighted by molar-refractivity contribution is 6.41. The van der Waals surface area contributed by atoms with E-state index >= 15 is 0 Å². The maximum absolute atomic E-state index is 11.8. The number of carbonyl (C=O) groups excluding carboxylic acids is 1. The number of ether oxygens (including phenoxy) is 3. The van der Waals surface area contributed by atoms with Crippen molar-refractivity contribution >= 4 is 57.5 Å². The largest absolute Gasteiger partial charge is 0.495 e. The third kappa shape index (κ3) is 5.60. The van der Waals surface area contributed by atoms with Crippen LogP contribution in [0.2, 0.25) is 10.0 Å². The van der Waals surface area contributed by atoms with Crippen molar-refractivity contribution in [2.45, 2.75) is 12.1 Å². The van der Waals surface area contributed by atoms with E-state index in [0.717, 1.165) is 5.69 Å². The van der Waals surface area contributed by atoms with Crippen LogP contribution < -0.4 is 25.4 Å². The average Bonchev–Trinajstić information content (AvgIpc) is 3.40. The van der Waals surface area contributed by atoms with Crippen LogP contribution in [0.3, 0.4) is 0 Å². The SMILES string of the molecule is C=CC(=O)N[C@H]1COC[C@H]1Nc1ncc2cc(-c3c(Cl)c(OC)cc(OC)c3Cl)nc(Nc3ccccc3)c2n1. The molecule has 1 aliphatic rings. The van der Waals surface area contributed by atoms with E-state index in [9.17, 15) is 4.79 Å². The maximum atomic E-state index is 11.8. The molecule has 2 aromatic heterocycles. The fraction of sp³-hybridized carbons (Fsp3) is 0.214.